The van der Waals surface area contributed by atoms with Crippen LogP contribution < -0.4 is 0 Å². The molecular weight excluding hydrogens is 392 g/mol. The summed E-state index contributed by atoms with van der Waals surface area (Å²) in [6.45, 7) is 0. The van der Waals surface area contributed by atoms with Crippen molar-refractivity contribution in [2.24, 2.45) is 0 Å². The fourth-order valence-electron chi connectivity index (χ4n) is 0.502. The molecule has 0 saturated heterocycles. The molecule has 0 aliphatic heterocycles. The molecule has 1 rings (SSSR count). The molecule has 54 valence electrons. The topological polar surface area (TPSA) is 0 Å². The summed E-state index contributed by atoms with van der Waals surface area (Å²) in [6.07, 6.45) is 0. The maximum absolute atomic E-state index is 3.41. The van der Waals surface area contributed by atoms with Crippen LogP contribution in [0.25, 0.3) is 0 Å². The van der Waals surface area contributed by atoms with E-state index in [0.717, 1.165) is 17.9 Å². The largest absolute Gasteiger partial charge is 0.0496 e. The lowest BCUT2D eigenvalue weighted by molar-refractivity contribution is 1.50. The summed E-state index contributed by atoms with van der Waals surface area (Å²) >= 11 is 13.6. The molecule has 0 aromatic heterocycles. The maximum Gasteiger partial charge on any atom is 0.0471 e. The molecule has 0 spiro atoms. The first-order valence-corrected chi connectivity index (χ1v) is 5.59. The van der Waals surface area contributed by atoms with Gasteiger partial charge < -0.3 is 0 Å². The Hall–Kier alpha value is 1.14. The summed E-state index contributed by atoms with van der Waals surface area (Å²) in [7, 11) is 0. The summed E-state index contributed by atoms with van der Waals surface area (Å²) in [6, 6.07) is 3.94. The normalized spacial score (nSPS) is 10.0. The summed E-state index contributed by atoms with van der Waals surface area (Å²) in [5.41, 5.74) is 0. The lowest BCUT2D eigenvalue weighted by atomic mass is 10.4. The van der Waals surface area contributed by atoms with Crippen LogP contribution in [0.3, 0.4) is 0 Å². The van der Waals surface area contributed by atoms with E-state index >= 15 is 0 Å². The minimum absolute atomic E-state index is 1.03. The van der Waals surface area contributed by atoms with Crippen LogP contribution in [0.1, 0.15) is 0 Å². The van der Waals surface area contributed by atoms with Gasteiger partial charge in [-0.2, -0.15) is 0 Å². The highest BCUT2D eigenvalue weighted by Gasteiger charge is 2.03. The minimum Gasteiger partial charge on any atom is -0.0496 e. The zero-order chi connectivity index (χ0) is 7.72. The van der Waals surface area contributed by atoms with E-state index in [1.807, 2.05) is 12.1 Å². The van der Waals surface area contributed by atoms with Crippen molar-refractivity contribution in [3.63, 3.8) is 0 Å². The Morgan fingerprint density at radius 3 is 1.30 bits per heavy atom. The van der Waals surface area contributed by atoms with Crippen molar-refractivity contribution in [3.05, 3.63) is 30.0 Å². The molecule has 0 saturated carbocycles. The van der Waals surface area contributed by atoms with E-state index < -0.39 is 0 Å². The number of benzene rings is 1. The third-order valence-corrected chi connectivity index (χ3v) is 5.55. The van der Waals surface area contributed by atoms with Gasteiger partial charge >= 0.3 is 0 Å². The third kappa shape index (κ3) is 1.84. The van der Waals surface area contributed by atoms with Crippen LogP contribution >= 0.6 is 63.7 Å². The van der Waals surface area contributed by atoms with E-state index in [1.54, 1.807) is 0 Å². The zero-order valence-corrected chi connectivity index (χ0v) is 11.0. The highest BCUT2D eigenvalue weighted by atomic mass is 79.9. The molecule has 0 radical (unpaired) electrons. The number of hydrogen-bond donors (Lipinski definition) is 0. The van der Waals surface area contributed by atoms with Gasteiger partial charge in [0, 0.05) is 17.9 Å². The molecule has 0 amide bonds. The van der Waals surface area contributed by atoms with Crippen LogP contribution in [-0.2, 0) is 0 Å². The molecule has 0 heterocycles. The fourth-order valence-corrected chi connectivity index (χ4v) is 2.39. The van der Waals surface area contributed by atoms with Gasteiger partial charge in [-0.3, -0.25) is 0 Å². The molecule has 0 fully saturated rings. The van der Waals surface area contributed by atoms with Crippen molar-refractivity contribution in [1.82, 2.24) is 0 Å². The minimum atomic E-state index is 1.03. The SMILES string of the molecule is Brc1ccc(Br)c(Br)c1Br. The number of hydrogen-bond acceptors (Lipinski definition) is 0. The fraction of sp³-hybridized carbons (Fsp3) is 0. The summed E-state index contributed by atoms with van der Waals surface area (Å²) in [4.78, 5) is 0. The monoisotopic (exact) mass is 390 g/mol. The average Bonchev–Trinajstić information content (AvgIpc) is 1.93. The molecule has 0 bridgehead atoms. The van der Waals surface area contributed by atoms with E-state index in [2.05, 4.69) is 63.7 Å². The van der Waals surface area contributed by atoms with Gasteiger partial charge in [0.15, 0.2) is 0 Å². The Balaban J connectivity index is 3.34. The van der Waals surface area contributed by atoms with E-state index in [9.17, 15) is 0 Å². The van der Waals surface area contributed by atoms with Gasteiger partial charge in [-0.15, -0.1) is 0 Å². The van der Waals surface area contributed by atoms with Crippen molar-refractivity contribution >= 4 is 63.7 Å². The van der Waals surface area contributed by atoms with Crippen molar-refractivity contribution < 1.29 is 0 Å². The average molecular weight is 394 g/mol. The van der Waals surface area contributed by atoms with Crippen molar-refractivity contribution in [1.29, 1.82) is 0 Å². The van der Waals surface area contributed by atoms with Crippen molar-refractivity contribution in [2.45, 2.75) is 0 Å². The second kappa shape index (κ2) is 3.70. The number of rotatable bonds is 0. The van der Waals surface area contributed by atoms with Gasteiger partial charge in [-0.25, -0.2) is 0 Å². The van der Waals surface area contributed by atoms with Crippen LogP contribution in [0, 0.1) is 0 Å². The standard InChI is InChI=1S/C6H2Br4/c7-3-1-2-4(8)6(10)5(3)9/h1-2H. The van der Waals surface area contributed by atoms with Gasteiger partial charge in [0.25, 0.3) is 0 Å². The first-order chi connectivity index (χ1) is 4.63. The van der Waals surface area contributed by atoms with E-state index in [4.69, 9.17) is 0 Å². The smallest absolute Gasteiger partial charge is 0.0471 e. The Bertz CT molecular complexity index is 229. The molecule has 0 N–H and O–H groups in total. The molecule has 0 atom stereocenters. The lowest BCUT2D eigenvalue weighted by Crippen LogP contribution is -1.73. The quantitative estimate of drug-likeness (QED) is 0.441. The predicted molar refractivity (Wildman–Crippen MR) is 57.2 cm³/mol. The van der Waals surface area contributed by atoms with Crippen LogP contribution in [0.5, 0.6) is 0 Å². The van der Waals surface area contributed by atoms with Gasteiger partial charge in [0.1, 0.15) is 0 Å². The van der Waals surface area contributed by atoms with Gasteiger partial charge in [0.05, 0.1) is 0 Å². The van der Waals surface area contributed by atoms with Gasteiger partial charge in [-0.05, 0) is 75.9 Å². The highest BCUT2D eigenvalue weighted by Crippen LogP contribution is 2.35. The Morgan fingerprint density at radius 2 is 1.00 bits per heavy atom. The zero-order valence-electron chi connectivity index (χ0n) is 4.67. The molecule has 1 aromatic carbocycles. The molecule has 1 aromatic rings. The molecule has 0 aliphatic rings. The maximum atomic E-state index is 3.41. The molecule has 0 aliphatic carbocycles. The third-order valence-electron chi connectivity index (χ3n) is 0.988. The lowest BCUT2D eigenvalue weighted by Gasteiger charge is -2.00. The molecule has 4 heteroatoms. The van der Waals surface area contributed by atoms with Crippen LogP contribution in [-0.4, -0.2) is 0 Å². The number of halogens is 4. The molecular formula is C6H2Br4. The molecule has 0 nitrogen and oxygen atoms in total. The van der Waals surface area contributed by atoms with Gasteiger partial charge in [0.2, 0.25) is 0 Å². The van der Waals surface area contributed by atoms with E-state index in [1.165, 1.54) is 0 Å². The van der Waals surface area contributed by atoms with Crippen molar-refractivity contribution in [3.8, 4) is 0 Å². The van der Waals surface area contributed by atoms with E-state index in [0.29, 0.717) is 0 Å². The summed E-state index contributed by atoms with van der Waals surface area (Å²) < 4.78 is 4.15. The van der Waals surface area contributed by atoms with Crippen LogP contribution in [0.15, 0.2) is 30.0 Å². The Morgan fingerprint density at radius 1 is 0.700 bits per heavy atom. The van der Waals surface area contributed by atoms with Gasteiger partial charge in [-0.1, -0.05) is 0 Å². The second-order valence-corrected chi connectivity index (χ2v) is 4.95. The summed E-state index contributed by atoms with van der Waals surface area (Å²) in [5, 5.41) is 0. The first kappa shape index (κ1) is 9.23. The van der Waals surface area contributed by atoms with E-state index in [-0.39, 0.29) is 0 Å². The Labute approximate surface area is 92.9 Å². The highest BCUT2D eigenvalue weighted by molar-refractivity contribution is 9.15. The molecule has 0 unspecified atom stereocenters. The van der Waals surface area contributed by atoms with Crippen molar-refractivity contribution in [2.75, 3.05) is 0 Å². The molecule has 10 heavy (non-hydrogen) atoms. The van der Waals surface area contributed by atoms with Crippen LogP contribution in [0.2, 0.25) is 0 Å². The Kier molecular flexibility index (Phi) is 3.41. The second-order valence-electron chi connectivity index (χ2n) is 1.66. The first-order valence-electron chi connectivity index (χ1n) is 2.42. The van der Waals surface area contributed by atoms with Crippen LogP contribution in [0.4, 0.5) is 0 Å². The predicted octanol–water partition coefficient (Wildman–Crippen LogP) is 4.74. The summed E-state index contributed by atoms with van der Waals surface area (Å²) in [5.74, 6) is 0.